The van der Waals surface area contributed by atoms with Gasteiger partial charge < -0.3 is 20.9 Å². The maximum Gasteiger partial charge on any atom is 0.221 e. The molecule has 8 heteroatoms. The van der Waals surface area contributed by atoms with Crippen molar-refractivity contribution in [3.8, 4) is 0 Å². The first-order chi connectivity index (χ1) is 15.0. The van der Waals surface area contributed by atoms with Crippen LogP contribution in [0.5, 0.6) is 0 Å². The molecule has 0 spiro atoms. The molecular formula is C23H36N6O2. The Bertz CT molecular complexity index is 788. The Morgan fingerprint density at radius 2 is 1.84 bits per heavy atom. The molecule has 0 aliphatic carbocycles. The number of hydrogen-bond donors (Lipinski definition) is 2. The summed E-state index contributed by atoms with van der Waals surface area (Å²) in [5.74, 6) is 0.811. The highest BCUT2D eigenvalue weighted by molar-refractivity contribution is 5.80. The average Bonchev–Trinajstić information content (AvgIpc) is 2.77. The molecule has 170 valence electrons. The number of piperazine rings is 1. The van der Waals surface area contributed by atoms with Crippen LogP contribution in [0.3, 0.4) is 0 Å². The first-order valence-electron chi connectivity index (χ1n) is 11.3. The van der Waals surface area contributed by atoms with Gasteiger partial charge >= 0.3 is 0 Å². The van der Waals surface area contributed by atoms with Gasteiger partial charge in [0.05, 0.1) is 12.5 Å². The Morgan fingerprint density at radius 1 is 1.13 bits per heavy atom. The molecular weight excluding hydrogens is 392 g/mol. The van der Waals surface area contributed by atoms with Gasteiger partial charge in [-0.05, 0) is 37.4 Å². The molecule has 1 aromatic rings. The standard InChI is InChI=1S/C23H36N6O2/c1-3-25-23(29-12-10-28(11-13-29)18(2)30)26-15-19-6-4-7-20(14-19)16-27-9-5-8-21(17-27)22(24)31/h4,6-7,14,21H,3,5,8-13,15-17H2,1-2H3,(H2,24,31)(H,25,26). The third kappa shape index (κ3) is 6.69. The predicted molar refractivity (Wildman–Crippen MR) is 122 cm³/mol. The minimum atomic E-state index is -0.187. The lowest BCUT2D eigenvalue weighted by Crippen LogP contribution is -2.53. The summed E-state index contributed by atoms with van der Waals surface area (Å²) in [6, 6.07) is 8.52. The van der Waals surface area contributed by atoms with Gasteiger partial charge in [0.25, 0.3) is 0 Å². The molecule has 0 radical (unpaired) electrons. The van der Waals surface area contributed by atoms with Crippen LogP contribution in [0.4, 0.5) is 0 Å². The molecule has 0 saturated carbocycles. The van der Waals surface area contributed by atoms with Crippen molar-refractivity contribution < 1.29 is 9.59 Å². The number of rotatable bonds is 6. The van der Waals surface area contributed by atoms with E-state index in [0.29, 0.717) is 6.54 Å². The maximum absolute atomic E-state index is 11.6. The van der Waals surface area contributed by atoms with Gasteiger partial charge in [-0.15, -0.1) is 0 Å². The Hall–Kier alpha value is -2.61. The molecule has 1 aromatic carbocycles. The first-order valence-corrected chi connectivity index (χ1v) is 11.3. The highest BCUT2D eigenvalue weighted by Gasteiger charge is 2.24. The monoisotopic (exact) mass is 428 g/mol. The van der Waals surface area contributed by atoms with Gasteiger partial charge in [-0.3, -0.25) is 14.5 Å². The van der Waals surface area contributed by atoms with Gasteiger partial charge in [0.2, 0.25) is 11.8 Å². The van der Waals surface area contributed by atoms with Crippen molar-refractivity contribution in [1.29, 1.82) is 0 Å². The minimum Gasteiger partial charge on any atom is -0.369 e. The van der Waals surface area contributed by atoms with Crippen LogP contribution in [0, 0.1) is 5.92 Å². The quantitative estimate of drug-likeness (QED) is 0.521. The zero-order chi connectivity index (χ0) is 22.2. The number of aliphatic imine (C=N–C) groups is 1. The van der Waals surface area contributed by atoms with E-state index in [1.807, 2.05) is 4.90 Å². The highest BCUT2D eigenvalue weighted by atomic mass is 16.2. The Balaban J connectivity index is 1.60. The van der Waals surface area contributed by atoms with Gasteiger partial charge in [0, 0.05) is 52.7 Å². The number of nitrogens with zero attached hydrogens (tertiary/aromatic N) is 4. The van der Waals surface area contributed by atoms with Crippen molar-refractivity contribution in [1.82, 2.24) is 20.0 Å². The summed E-state index contributed by atoms with van der Waals surface area (Å²) in [7, 11) is 0. The molecule has 2 amide bonds. The summed E-state index contributed by atoms with van der Waals surface area (Å²) in [4.78, 5) is 34.4. The zero-order valence-corrected chi connectivity index (χ0v) is 18.8. The summed E-state index contributed by atoms with van der Waals surface area (Å²) in [6.45, 7) is 10.7. The van der Waals surface area contributed by atoms with E-state index in [1.54, 1.807) is 6.92 Å². The smallest absolute Gasteiger partial charge is 0.221 e. The van der Waals surface area contributed by atoms with E-state index in [2.05, 4.69) is 46.3 Å². The van der Waals surface area contributed by atoms with Crippen LogP contribution >= 0.6 is 0 Å². The number of piperidine rings is 1. The third-order valence-corrected chi connectivity index (χ3v) is 6.08. The van der Waals surface area contributed by atoms with Crippen molar-refractivity contribution in [3.63, 3.8) is 0 Å². The summed E-state index contributed by atoms with van der Waals surface area (Å²) in [5.41, 5.74) is 7.91. The van der Waals surface area contributed by atoms with Gasteiger partial charge in [0.1, 0.15) is 0 Å². The van der Waals surface area contributed by atoms with Crippen LogP contribution in [0.1, 0.15) is 37.8 Å². The van der Waals surface area contributed by atoms with E-state index in [4.69, 9.17) is 10.7 Å². The van der Waals surface area contributed by atoms with Crippen molar-refractivity contribution in [2.45, 2.75) is 39.8 Å². The van der Waals surface area contributed by atoms with Crippen LogP contribution in [0.2, 0.25) is 0 Å². The fourth-order valence-corrected chi connectivity index (χ4v) is 4.34. The maximum atomic E-state index is 11.6. The zero-order valence-electron chi connectivity index (χ0n) is 18.8. The van der Waals surface area contributed by atoms with Crippen molar-refractivity contribution in [2.24, 2.45) is 16.6 Å². The van der Waals surface area contributed by atoms with Crippen molar-refractivity contribution >= 4 is 17.8 Å². The molecule has 3 N–H and O–H groups in total. The second-order valence-electron chi connectivity index (χ2n) is 8.46. The minimum absolute atomic E-state index is 0.0346. The SMILES string of the molecule is CCNC(=NCc1cccc(CN2CCCC(C(N)=O)C2)c1)N1CCN(C(C)=O)CC1. The number of carbonyl (C=O) groups is 2. The lowest BCUT2D eigenvalue weighted by atomic mass is 9.97. The number of hydrogen-bond acceptors (Lipinski definition) is 4. The largest absolute Gasteiger partial charge is 0.369 e. The molecule has 0 aromatic heterocycles. The number of nitrogens with one attached hydrogen (secondary N) is 1. The fraction of sp³-hybridized carbons (Fsp3) is 0.609. The number of carbonyl (C=O) groups excluding carboxylic acids is 2. The number of primary amides is 1. The number of benzene rings is 1. The molecule has 1 unspecified atom stereocenters. The average molecular weight is 429 g/mol. The molecule has 2 fully saturated rings. The molecule has 2 heterocycles. The Kier molecular flexibility index (Phi) is 8.28. The lowest BCUT2D eigenvalue weighted by molar-refractivity contribution is -0.130. The molecule has 8 nitrogen and oxygen atoms in total. The van der Waals surface area contributed by atoms with E-state index >= 15 is 0 Å². The van der Waals surface area contributed by atoms with E-state index in [1.165, 1.54) is 11.1 Å². The number of nitrogens with two attached hydrogens (primary N) is 1. The van der Waals surface area contributed by atoms with Crippen LogP contribution < -0.4 is 11.1 Å². The van der Waals surface area contributed by atoms with E-state index < -0.39 is 0 Å². The van der Waals surface area contributed by atoms with Gasteiger partial charge in [-0.2, -0.15) is 0 Å². The van der Waals surface area contributed by atoms with Crippen LogP contribution in [-0.2, 0) is 22.7 Å². The molecule has 31 heavy (non-hydrogen) atoms. The normalized spacial score (nSPS) is 20.6. The van der Waals surface area contributed by atoms with Gasteiger partial charge in [-0.25, -0.2) is 4.99 Å². The Morgan fingerprint density at radius 3 is 2.52 bits per heavy atom. The molecule has 0 bridgehead atoms. The third-order valence-electron chi connectivity index (χ3n) is 6.08. The second kappa shape index (κ2) is 11.1. The van der Waals surface area contributed by atoms with Crippen molar-refractivity contribution in [2.75, 3.05) is 45.8 Å². The van der Waals surface area contributed by atoms with E-state index in [-0.39, 0.29) is 17.7 Å². The molecule has 2 saturated heterocycles. The van der Waals surface area contributed by atoms with Gasteiger partial charge in [-0.1, -0.05) is 24.3 Å². The Labute approximate surface area is 185 Å². The topological polar surface area (TPSA) is 94.3 Å². The van der Waals surface area contributed by atoms with E-state index in [0.717, 1.165) is 71.2 Å². The summed E-state index contributed by atoms with van der Waals surface area (Å²) >= 11 is 0. The summed E-state index contributed by atoms with van der Waals surface area (Å²) in [5, 5.41) is 3.38. The number of guanidine groups is 1. The number of likely N-dealkylation sites (tertiary alicyclic amines) is 1. The van der Waals surface area contributed by atoms with Crippen LogP contribution in [0.15, 0.2) is 29.3 Å². The molecule has 1 atom stereocenters. The summed E-state index contributed by atoms with van der Waals surface area (Å²) in [6.07, 6.45) is 1.91. The summed E-state index contributed by atoms with van der Waals surface area (Å²) < 4.78 is 0. The van der Waals surface area contributed by atoms with Crippen LogP contribution in [-0.4, -0.2) is 78.3 Å². The second-order valence-corrected chi connectivity index (χ2v) is 8.46. The molecule has 3 rings (SSSR count). The predicted octanol–water partition coefficient (Wildman–Crippen LogP) is 1.01. The van der Waals surface area contributed by atoms with Crippen molar-refractivity contribution in [3.05, 3.63) is 35.4 Å². The first kappa shape index (κ1) is 23.1. The van der Waals surface area contributed by atoms with E-state index in [9.17, 15) is 9.59 Å². The highest BCUT2D eigenvalue weighted by Crippen LogP contribution is 2.19. The molecule has 2 aliphatic rings. The van der Waals surface area contributed by atoms with Gasteiger partial charge in [0.15, 0.2) is 5.96 Å². The fourth-order valence-electron chi connectivity index (χ4n) is 4.34. The number of amides is 2. The lowest BCUT2D eigenvalue weighted by Gasteiger charge is -2.36. The molecule has 2 aliphatic heterocycles. The van der Waals surface area contributed by atoms with Crippen LogP contribution in [0.25, 0.3) is 0 Å².